The number of aryl methyl sites for hydroxylation is 2. The molecular weight excluding hydrogens is 358 g/mol. The number of furan rings is 1. The van der Waals surface area contributed by atoms with E-state index in [9.17, 15) is 14.4 Å². The van der Waals surface area contributed by atoms with Gasteiger partial charge in [-0.15, -0.1) is 0 Å². The molecule has 1 aromatic rings. The SMILES string of the molecule is CNC(=O)[C@@]12CCCN(C(=O)c3c(C)oc4c3C(=O)CCC4)[C@H]1CN(C)CC2. The molecule has 3 heterocycles. The van der Waals surface area contributed by atoms with E-state index in [4.69, 9.17) is 4.42 Å². The molecule has 1 aromatic heterocycles. The molecule has 3 aliphatic rings. The Balaban J connectivity index is 1.74. The van der Waals surface area contributed by atoms with E-state index in [1.165, 1.54) is 0 Å². The molecule has 2 atom stereocenters. The number of hydrogen-bond acceptors (Lipinski definition) is 5. The Labute approximate surface area is 165 Å². The summed E-state index contributed by atoms with van der Waals surface area (Å²) in [6, 6.07) is -0.198. The molecule has 7 nitrogen and oxygen atoms in total. The van der Waals surface area contributed by atoms with E-state index >= 15 is 0 Å². The molecule has 7 heteroatoms. The smallest absolute Gasteiger partial charge is 0.258 e. The number of likely N-dealkylation sites (N-methyl/N-ethyl adjacent to an activating group) is 1. The molecule has 4 rings (SSSR count). The number of nitrogens with zero attached hydrogens (tertiary/aromatic N) is 2. The highest BCUT2D eigenvalue weighted by Gasteiger charge is 2.53. The van der Waals surface area contributed by atoms with Gasteiger partial charge in [-0.05, 0) is 46.2 Å². The molecule has 0 bridgehead atoms. The van der Waals surface area contributed by atoms with Crippen molar-refractivity contribution in [1.82, 2.24) is 15.1 Å². The van der Waals surface area contributed by atoms with Gasteiger partial charge in [-0.3, -0.25) is 14.4 Å². The normalized spacial score (nSPS) is 27.9. The van der Waals surface area contributed by atoms with Gasteiger partial charge in [0.1, 0.15) is 11.5 Å². The fourth-order valence-electron chi connectivity index (χ4n) is 5.41. The monoisotopic (exact) mass is 387 g/mol. The number of piperidine rings is 2. The summed E-state index contributed by atoms with van der Waals surface area (Å²) in [4.78, 5) is 43.2. The van der Waals surface area contributed by atoms with Crippen molar-refractivity contribution in [3.63, 3.8) is 0 Å². The molecule has 0 unspecified atom stereocenters. The first-order valence-corrected chi connectivity index (χ1v) is 10.3. The number of Topliss-reactive ketones (excluding diaryl/α,β-unsaturated/α-hetero) is 1. The average Bonchev–Trinajstić information content (AvgIpc) is 3.03. The van der Waals surface area contributed by atoms with Gasteiger partial charge in [-0.1, -0.05) is 0 Å². The van der Waals surface area contributed by atoms with Crippen molar-refractivity contribution in [2.75, 3.05) is 33.7 Å². The molecule has 1 aliphatic carbocycles. The van der Waals surface area contributed by atoms with Gasteiger partial charge >= 0.3 is 0 Å². The zero-order chi connectivity index (χ0) is 20.1. The Morgan fingerprint density at radius 2 is 1.96 bits per heavy atom. The summed E-state index contributed by atoms with van der Waals surface area (Å²) in [5, 5.41) is 2.83. The molecule has 2 fully saturated rings. The predicted octanol–water partition coefficient (Wildman–Crippen LogP) is 1.78. The number of fused-ring (bicyclic) bond motifs is 2. The quantitative estimate of drug-likeness (QED) is 0.836. The van der Waals surface area contributed by atoms with E-state index in [1.807, 2.05) is 11.9 Å². The molecule has 152 valence electrons. The minimum atomic E-state index is -0.559. The number of hydrogen-bond donors (Lipinski definition) is 1. The Kier molecular flexibility index (Phi) is 4.81. The van der Waals surface area contributed by atoms with E-state index in [0.717, 1.165) is 32.2 Å². The number of carbonyl (C=O) groups excluding carboxylic acids is 3. The van der Waals surface area contributed by atoms with Gasteiger partial charge in [0.15, 0.2) is 5.78 Å². The van der Waals surface area contributed by atoms with Gasteiger partial charge in [0.05, 0.1) is 22.6 Å². The lowest BCUT2D eigenvalue weighted by Gasteiger charge is -2.53. The van der Waals surface area contributed by atoms with Crippen molar-refractivity contribution in [3.8, 4) is 0 Å². The van der Waals surface area contributed by atoms with Crippen LogP contribution < -0.4 is 5.32 Å². The summed E-state index contributed by atoms with van der Waals surface area (Å²) in [5.41, 5.74) is 0.339. The fraction of sp³-hybridized carbons (Fsp3) is 0.667. The lowest BCUT2D eigenvalue weighted by atomic mass is 9.67. The van der Waals surface area contributed by atoms with E-state index < -0.39 is 5.41 Å². The third kappa shape index (κ3) is 2.79. The molecule has 0 radical (unpaired) electrons. The maximum absolute atomic E-state index is 13.7. The van der Waals surface area contributed by atoms with Gasteiger partial charge in [0, 0.05) is 33.0 Å². The number of ketones is 1. The minimum Gasteiger partial charge on any atom is -0.465 e. The predicted molar refractivity (Wildman–Crippen MR) is 103 cm³/mol. The highest BCUT2D eigenvalue weighted by atomic mass is 16.3. The fourth-order valence-corrected chi connectivity index (χ4v) is 5.41. The second kappa shape index (κ2) is 7.03. The summed E-state index contributed by atoms with van der Waals surface area (Å²) >= 11 is 0. The third-order valence-electron chi connectivity index (χ3n) is 6.86. The molecular formula is C21H29N3O4. The highest BCUT2D eigenvalue weighted by molar-refractivity contribution is 6.10. The van der Waals surface area contributed by atoms with Crippen molar-refractivity contribution >= 4 is 17.6 Å². The summed E-state index contributed by atoms with van der Waals surface area (Å²) < 4.78 is 5.81. The zero-order valence-electron chi connectivity index (χ0n) is 17.0. The zero-order valence-corrected chi connectivity index (χ0v) is 17.0. The number of rotatable bonds is 2. The van der Waals surface area contributed by atoms with Crippen LogP contribution in [0.15, 0.2) is 4.42 Å². The molecule has 28 heavy (non-hydrogen) atoms. The molecule has 2 saturated heterocycles. The van der Waals surface area contributed by atoms with Crippen LogP contribution in [0.4, 0.5) is 0 Å². The molecule has 0 spiro atoms. The minimum absolute atomic E-state index is 0.00298. The summed E-state index contributed by atoms with van der Waals surface area (Å²) in [7, 11) is 3.70. The number of nitrogens with one attached hydrogen (secondary N) is 1. The van der Waals surface area contributed by atoms with E-state index in [1.54, 1.807) is 14.0 Å². The Morgan fingerprint density at radius 1 is 1.18 bits per heavy atom. The van der Waals surface area contributed by atoms with Crippen LogP contribution in [0.2, 0.25) is 0 Å². The maximum Gasteiger partial charge on any atom is 0.258 e. The highest BCUT2D eigenvalue weighted by Crippen LogP contribution is 2.43. The molecule has 2 amide bonds. The summed E-state index contributed by atoms with van der Waals surface area (Å²) in [5.74, 6) is 1.02. The first-order chi connectivity index (χ1) is 13.4. The average molecular weight is 387 g/mol. The van der Waals surface area contributed by atoms with Gasteiger partial charge < -0.3 is 19.5 Å². The van der Waals surface area contributed by atoms with Crippen LogP contribution in [0.5, 0.6) is 0 Å². The Morgan fingerprint density at radius 3 is 2.71 bits per heavy atom. The Bertz CT molecular complexity index is 830. The molecule has 0 aromatic carbocycles. The second-order valence-corrected chi connectivity index (χ2v) is 8.47. The summed E-state index contributed by atoms with van der Waals surface area (Å²) in [6.45, 7) is 3.86. The molecule has 0 saturated carbocycles. The van der Waals surface area contributed by atoms with Crippen LogP contribution in [0.25, 0.3) is 0 Å². The van der Waals surface area contributed by atoms with Crippen molar-refractivity contribution in [2.24, 2.45) is 5.41 Å². The van der Waals surface area contributed by atoms with Crippen LogP contribution >= 0.6 is 0 Å². The van der Waals surface area contributed by atoms with Gasteiger partial charge in [-0.25, -0.2) is 0 Å². The lowest BCUT2D eigenvalue weighted by molar-refractivity contribution is -0.141. The van der Waals surface area contributed by atoms with Gasteiger partial charge in [-0.2, -0.15) is 0 Å². The number of likely N-dealkylation sites (tertiary alicyclic amines) is 2. The Hall–Kier alpha value is -2.15. The maximum atomic E-state index is 13.7. The van der Waals surface area contributed by atoms with E-state index in [-0.39, 0.29) is 23.6 Å². The largest absolute Gasteiger partial charge is 0.465 e. The van der Waals surface area contributed by atoms with E-state index in [2.05, 4.69) is 10.2 Å². The number of carbonyl (C=O) groups is 3. The van der Waals surface area contributed by atoms with Gasteiger partial charge in [0.25, 0.3) is 5.91 Å². The summed E-state index contributed by atoms with van der Waals surface area (Å²) in [6.07, 6.45) is 4.23. The van der Waals surface area contributed by atoms with Crippen LogP contribution in [0, 0.1) is 12.3 Å². The lowest BCUT2D eigenvalue weighted by Crippen LogP contribution is -2.66. The second-order valence-electron chi connectivity index (χ2n) is 8.47. The van der Waals surface area contributed by atoms with Crippen molar-refractivity contribution in [1.29, 1.82) is 0 Å². The third-order valence-corrected chi connectivity index (χ3v) is 6.86. The van der Waals surface area contributed by atoms with Crippen LogP contribution in [-0.2, 0) is 11.2 Å². The van der Waals surface area contributed by atoms with Crippen LogP contribution in [0.1, 0.15) is 64.3 Å². The first kappa shape index (κ1) is 19.2. The van der Waals surface area contributed by atoms with Crippen LogP contribution in [0.3, 0.4) is 0 Å². The standard InChI is InChI=1S/C21H29N3O4/c1-13-17(18-14(25)6-4-7-15(18)28-13)19(26)24-10-5-8-21(20(27)22-2)9-11-23(3)12-16(21)24/h16H,4-12H2,1-3H3,(H,22,27)/t16-,21+/m0/s1. The van der Waals surface area contributed by atoms with Gasteiger partial charge in [0.2, 0.25) is 5.91 Å². The van der Waals surface area contributed by atoms with Crippen molar-refractivity contribution in [3.05, 3.63) is 22.6 Å². The molecule has 2 aliphatic heterocycles. The topological polar surface area (TPSA) is 82.9 Å². The van der Waals surface area contributed by atoms with Crippen LogP contribution in [-0.4, -0.2) is 67.2 Å². The number of amides is 2. The van der Waals surface area contributed by atoms with Crippen molar-refractivity contribution < 1.29 is 18.8 Å². The van der Waals surface area contributed by atoms with E-state index in [0.29, 0.717) is 48.6 Å². The first-order valence-electron chi connectivity index (χ1n) is 10.3. The molecule has 1 N–H and O–H groups in total. The van der Waals surface area contributed by atoms with Crippen molar-refractivity contribution in [2.45, 2.75) is 51.5 Å².